The quantitative estimate of drug-likeness (QED) is 0.734. The molecule has 3 N–H and O–H groups in total. The van der Waals surface area contributed by atoms with E-state index >= 15 is 0 Å². The van der Waals surface area contributed by atoms with Crippen LogP contribution in [0.4, 0.5) is 11.5 Å². The summed E-state index contributed by atoms with van der Waals surface area (Å²) in [5.74, 6) is 0.638. The average Bonchev–Trinajstić information content (AvgIpc) is 2.53. The van der Waals surface area contributed by atoms with Crippen LogP contribution < -0.4 is 10.6 Å². The Morgan fingerprint density at radius 3 is 2.64 bits per heavy atom. The Kier molecular flexibility index (Phi) is 5.91. The first-order valence-corrected chi connectivity index (χ1v) is 7.35. The Bertz CT molecular complexity index is 583. The first-order chi connectivity index (χ1) is 10.6. The summed E-state index contributed by atoms with van der Waals surface area (Å²) >= 11 is 0. The van der Waals surface area contributed by atoms with Gasteiger partial charge in [-0.05, 0) is 31.0 Å². The fourth-order valence-electron chi connectivity index (χ4n) is 1.95. The largest absolute Gasteiger partial charge is 0.392 e. The molecule has 1 heterocycles. The predicted octanol–water partition coefficient (Wildman–Crippen LogP) is 2.45. The van der Waals surface area contributed by atoms with Crippen molar-refractivity contribution in [2.75, 3.05) is 17.2 Å². The predicted molar refractivity (Wildman–Crippen MR) is 87.8 cm³/mol. The minimum absolute atomic E-state index is 0.0321. The smallest absolute Gasteiger partial charge is 0.224 e. The maximum Gasteiger partial charge on any atom is 0.224 e. The monoisotopic (exact) mass is 299 g/mol. The molecule has 2 aromatic rings. The van der Waals surface area contributed by atoms with Crippen molar-refractivity contribution in [2.24, 2.45) is 0 Å². The highest BCUT2D eigenvalue weighted by molar-refractivity contribution is 5.90. The Balaban J connectivity index is 1.79. The van der Waals surface area contributed by atoms with Crippen molar-refractivity contribution in [3.05, 3.63) is 54.2 Å². The molecule has 0 bridgehead atoms. The number of aliphatic hydroxyl groups is 1. The third-order valence-corrected chi connectivity index (χ3v) is 3.11. The molecule has 0 saturated heterocycles. The molecule has 0 fully saturated rings. The van der Waals surface area contributed by atoms with Crippen LogP contribution in [-0.2, 0) is 11.2 Å². The standard InChI is InChI=1S/C17H21N3O2/c1-13(21)11-18-16-9-8-15(12-19-16)20-17(22)10-7-14-5-3-2-4-6-14/h2-6,8-9,12-13,21H,7,10-11H2,1H3,(H,18,19)(H,20,22). The van der Waals surface area contributed by atoms with Crippen molar-refractivity contribution < 1.29 is 9.90 Å². The van der Waals surface area contributed by atoms with Crippen LogP contribution in [0.15, 0.2) is 48.7 Å². The molecule has 0 radical (unpaired) electrons. The zero-order valence-corrected chi connectivity index (χ0v) is 12.6. The summed E-state index contributed by atoms with van der Waals surface area (Å²) in [6.07, 6.45) is 2.32. The molecule has 1 atom stereocenters. The lowest BCUT2D eigenvalue weighted by Crippen LogP contribution is -2.16. The summed E-state index contributed by atoms with van der Waals surface area (Å²) in [6, 6.07) is 13.5. The Labute approximate surface area is 130 Å². The molecule has 22 heavy (non-hydrogen) atoms. The molecular weight excluding hydrogens is 278 g/mol. The molecule has 5 nitrogen and oxygen atoms in total. The van der Waals surface area contributed by atoms with Crippen molar-refractivity contribution in [3.8, 4) is 0 Å². The van der Waals surface area contributed by atoms with E-state index in [1.807, 2.05) is 30.3 Å². The molecule has 1 aromatic carbocycles. The van der Waals surface area contributed by atoms with Crippen LogP contribution in [0.1, 0.15) is 18.9 Å². The first-order valence-electron chi connectivity index (χ1n) is 7.35. The van der Waals surface area contributed by atoms with Crippen molar-refractivity contribution >= 4 is 17.4 Å². The van der Waals surface area contributed by atoms with Gasteiger partial charge in [-0.25, -0.2) is 4.98 Å². The zero-order chi connectivity index (χ0) is 15.8. The molecule has 0 spiro atoms. The maximum absolute atomic E-state index is 11.9. The Morgan fingerprint density at radius 2 is 2.00 bits per heavy atom. The Hall–Kier alpha value is -2.40. The van der Waals surface area contributed by atoms with E-state index in [4.69, 9.17) is 0 Å². The highest BCUT2D eigenvalue weighted by atomic mass is 16.3. The van der Waals surface area contributed by atoms with Gasteiger partial charge in [-0.3, -0.25) is 4.79 Å². The van der Waals surface area contributed by atoms with Crippen molar-refractivity contribution in [2.45, 2.75) is 25.9 Å². The van der Waals surface area contributed by atoms with Crippen LogP contribution in [0.2, 0.25) is 0 Å². The molecule has 0 aliphatic carbocycles. The van der Waals surface area contributed by atoms with Crippen molar-refractivity contribution in [3.63, 3.8) is 0 Å². The lowest BCUT2D eigenvalue weighted by molar-refractivity contribution is -0.116. The number of benzene rings is 1. The second kappa shape index (κ2) is 8.14. The number of hydrogen-bond donors (Lipinski definition) is 3. The highest BCUT2D eigenvalue weighted by Crippen LogP contribution is 2.11. The zero-order valence-electron chi connectivity index (χ0n) is 12.6. The SMILES string of the molecule is CC(O)CNc1ccc(NC(=O)CCc2ccccc2)cn1. The molecule has 0 saturated carbocycles. The number of aromatic nitrogens is 1. The summed E-state index contributed by atoms with van der Waals surface area (Å²) in [6.45, 7) is 2.14. The van der Waals surface area contributed by atoms with Gasteiger partial charge < -0.3 is 15.7 Å². The van der Waals surface area contributed by atoms with Crippen LogP contribution in [0.25, 0.3) is 0 Å². The normalized spacial score (nSPS) is 11.7. The summed E-state index contributed by atoms with van der Waals surface area (Å²) in [4.78, 5) is 16.1. The number of aryl methyl sites for hydroxylation is 1. The third kappa shape index (κ3) is 5.54. The lowest BCUT2D eigenvalue weighted by Gasteiger charge is -2.09. The van der Waals surface area contributed by atoms with Gasteiger partial charge in [0.1, 0.15) is 5.82 Å². The van der Waals surface area contributed by atoms with Crippen LogP contribution in [0.5, 0.6) is 0 Å². The van der Waals surface area contributed by atoms with Crippen LogP contribution >= 0.6 is 0 Å². The molecule has 116 valence electrons. The molecule has 1 amide bonds. The van der Waals surface area contributed by atoms with Crippen molar-refractivity contribution in [1.82, 2.24) is 4.98 Å². The highest BCUT2D eigenvalue weighted by Gasteiger charge is 2.04. The van der Waals surface area contributed by atoms with Gasteiger partial charge in [0.25, 0.3) is 0 Å². The number of anilines is 2. The van der Waals surface area contributed by atoms with E-state index in [1.165, 1.54) is 0 Å². The molecule has 1 aromatic heterocycles. The number of pyridine rings is 1. The van der Waals surface area contributed by atoms with Crippen LogP contribution in [-0.4, -0.2) is 28.6 Å². The van der Waals surface area contributed by atoms with E-state index in [0.717, 1.165) is 5.56 Å². The molecule has 1 unspecified atom stereocenters. The number of amides is 1. The molecule has 2 rings (SSSR count). The second-order valence-electron chi connectivity index (χ2n) is 5.20. The lowest BCUT2D eigenvalue weighted by atomic mass is 10.1. The van der Waals surface area contributed by atoms with Crippen LogP contribution in [0, 0.1) is 0 Å². The van der Waals surface area contributed by atoms with E-state index in [9.17, 15) is 9.90 Å². The number of rotatable bonds is 7. The van der Waals surface area contributed by atoms with E-state index in [1.54, 1.807) is 25.3 Å². The molecule has 0 aliphatic rings. The summed E-state index contributed by atoms with van der Waals surface area (Å²) in [5.41, 5.74) is 1.81. The van der Waals surface area contributed by atoms with Gasteiger partial charge >= 0.3 is 0 Å². The van der Waals surface area contributed by atoms with Gasteiger partial charge in [-0.2, -0.15) is 0 Å². The molecular formula is C17H21N3O2. The topological polar surface area (TPSA) is 74.2 Å². The minimum Gasteiger partial charge on any atom is -0.392 e. The summed E-state index contributed by atoms with van der Waals surface area (Å²) in [5, 5.41) is 15.0. The first kappa shape index (κ1) is 16.0. The number of nitrogens with one attached hydrogen (secondary N) is 2. The number of nitrogens with zero attached hydrogens (tertiary/aromatic N) is 1. The fraction of sp³-hybridized carbons (Fsp3) is 0.294. The number of aliphatic hydroxyl groups excluding tert-OH is 1. The Morgan fingerprint density at radius 1 is 1.23 bits per heavy atom. The van der Waals surface area contributed by atoms with E-state index in [2.05, 4.69) is 15.6 Å². The summed E-state index contributed by atoms with van der Waals surface area (Å²) < 4.78 is 0. The van der Waals surface area contributed by atoms with Gasteiger partial charge in [0.05, 0.1) is 18.0 Å². The maximum atomic E-state index is 11.9. The van der Waals surface area contributed by atoms with Crippen LogP contribution in [0.3, 0.4) is 0 Å². The molecule has 0 aliphatic heterocycles. The minimum atomic E-state index is -0.431. The van der Waals surface area contributed by atoms with E-state index in [0.29, 0.717) is 30.9 Å². The van der Waals surface area contributed by atoms with Gasteiger partial charge in [0, 0.05) is 13.0 Å². The van der Waals surface area contributed by atoms with Gasteiger partial charge in [0.2, 0.25) is 5.91 Å². The summed E-state index contributed by atoms with van der Waals surface area (Å²) in [7, 11) is 0. The van der Waals surface area contributed by atoms with E-state index < -0.39 is 6.10 Å². The van der Waals surface area contributed by atoms with Crippen molar-refractivity contribution in [1.29, 1.82) is 0 Å². The van der Waals surface area contributed by atoms with Gasteiger partial charge in [0.15, 0.2) is 0 Å². The van der Waals surface area contributed by atoms with E-state index in [-0.39, 0.29) is 5.91 Å². The van der Waals surface area contributed by atoms with Gasteiger partial charge in [-0.15, -0.1) is 0 Å². The number of hydrogen-bond acceptors (Lipinski definition) is 4. The third-order valence-electron chi connectivity index (χ3n) is 3.11. The second-order valence-corrected chi connectivity index (χ2v) is 5.20. The molecule has 5 heteroatoms. The average molecular weight is 299 g/mol. The number of carbonyl (C=O) groups is 1. The number of carbonyl (C=O) groups excluding carboxylic acids is 1. The fourth-order valence-corrected chi connectivity index (χ4v) is 1.95. The van der Waals surface area contributed by atoms with Gasteiger partial charge in [-0.1, -0.05) is 30.3 Å².